The van der Waals surface area contributed by atoms with E-state index in [2.05, 4.69) is 21.6 Å². The Morgan fingerprint density at radius 2 is 1.93 bits per heavy atom. The van der Waals surface area contributed by atoms with Gasteiger partial charge in [0.25, 0.3) is 5.91 Å². The molecule has 0 aliphatic carbocycles. The lowest BCUT2D eigenvalue weighted by atomic mass is 10.0. The van der Waals surface area contributed by atoms with Crippen molar-refractivity contribution in [3.63, 3.8) is 0 Å². The van der Waals surface area contributed by atoms with Gasteiger partial charge in [-0.15, -0.1) is 0 Å². The standard InChI is InChI=1S/C21H22N4O3/c26-18-6-5-17(20(27)23-18)25-16-4-1-3-13-11-14(12-15(19(13)16)21(25)28)24-9-2-7-22-8-10-24/h1,3-4,11-12,17,22H,2,5-10H2,(H,23,26,27). The van der Waals surface area contributed by atoms with E-state index in [9.17, 15) is 14.4 Å². The van der Waals surface area contributed by atoms with Crippen LogP contribution in [-0.4, -0.2) is 49.9 Å². The second kappa shape index (κ2) is 6.60. The van der Waals surface area contributed by atoms with Crippen LogP contribution in [0.5, 0.6) is 0 Å². The van der Waals surface area contributed by atoms with Gasteiger partial charge in [0.05, 0.1) is 11.3 Å². The minimum atomic E-state index is -0.644. The Morgan fingerprint density at radius 1 is 1.04 bits per heavy atom. The highest BCUT2D eigenvalue weighted by atomic mass is 16.2. The van der Waals surface area contributed by atoms with Gasteiger partial charge in [0.1, 0.15) is 6.04 Å². The van der Waals surface area contributed by atoms with E-state index in [4.69, 9.17) is 0 Å². The van der Waals surface area contributed by atoms with Crippen LogP contribution in [-0.2, 0) is 9.59 Å². The number of anilines is 2. The van der Waals surface area contributed by atoms with Crippen molar-refractivity contribution >= 4 is 39.9 Å². The summed E-state index contributed by atoms with van der Waals surface area (Å²) in [4.78, 5) is 41.2. The Balaban J connectivity index is 1.57. The van der Waals surface area contributed by atoms with Crippen LogP contribution in [0, 0.1) is 0 Å². The molecule has 1 unspecified atom stereocenters. The molecular weight excluding hydrogens is 356 g/mol. The number of amides is 3. The Morgan fingerprint density at radius 3 is 2.79 bits per heavy atom. The summed E-state index contributed by atoms with van der Waals surface area (Å²) in [5, 5.41) is 7.67. The number of hydrogen-bond acceptors (Lipinski definition) is 5. The molecule has 144 valence electrons. The maximum absolute atomic E-state index is 13.3. The molecule has 1 atom stereocenters. The smallest absolute Gasteiger partial charge is 0.259 e. The van der Waals surface area contributed by atoms with Crippen molar-refractivity contribution in [2.75, 3.05) is 36.0 Å². The van der Waals surface area contributed by atoms with E-state index < -0.39 is 11.9 Å². The Kier molecular flexibility index (Phi) is 4.05. The third kappa shape index (κ3) is 2.65. The minimum Gasteiger partial charge on any atom is -0.370 e. The number of nitrogens with one attached hydrogen (secondary N) is 2. The molecule has 0 bridgehead atoms. The van der Waals surface area contributed by atoms with Crippen molar-refractivity contribution < 1.29 is 14.4 Å². The highest BCUT2D eigenvalue weighted by Gasteiger charge is 2.40. The van der Waals surface area contributed by atoms with Gasteiger partial charge in [-0.1, -0.05) is 12.1 Å². The normalized spacial score (nSPS) is 22.6. The molecule has 3 aliphatic rings. The first-order valence-corrected chi connectivity index (χ1v) is 9.83. The Hall–Kier alpha value is -2.93. The predicted molar refractivity (Wildman–Crippen MR) is 107 cm³/mol. The van der Waals surface area contributed by atoms with Gasteiger partial charge in [0, 0.05) is 37.1 Å². The van der Waals surface area contributed by atoms with Gasteiger partial charge in [-0.2, -0.15) is 0 Å². The summed E-state index contributed by atoms with van der Waals surface area (Å²) >= 11 is 0. The maximum atomic E-state index is 13.3. The van der Waals surface area contributed by atoms with Crippen LogP contribution in [0.2, 0.25) is 0 Å². The zero-order chi connectivity index (χ0) is 19.3. The quantitative estimate of drug-likeness (QED) is 0.772. The zero-order valence-corrected chi connectivity index (χ0v) is 15.5. The SMILES string of the molecule is O=C1CCC(N2C(=O)c3cc(N4CCCNCC4)cc4cccc2c34)C(=O)N1. The van der Waals surface area contributed by atoms with E-state index in [1.54, 1.807) is 4.90 Å². The molecule has 5 rings (SSSR count). The fourth-order valence-corrected chi connectivity index (χ4v) is 4.53. The van der Waals surface area contributed by atoms with Crippen LogP contribution >= 0.6 is 0 Å². The van der Waals surface area contributed by atoms with Gasteiger partial charge in [-0.3, -0.25) is 24.6 Å². The van der Waals surface area contributed by atoms with Crippen LogP contribution in [0.1, 0.15) is 29.6 Å². The molecule has 3 amide bonds. The number of hydrogen-bond donors (Lipinski definition) is 2. The number of carbonyl (C=O) groups excluding carboxylic acids is 3. The molecule has 2 saturated heterocycles. The summed E-state index contributed by atoms with van der Waals surface area (Å²) in [7, 11) is 0. The summed E-state index contributed by atoms with van der Waals surface area (Å²) in [6, 6.07) is 9.28. The van der Waals surface area contributed by atoms with E-state index >= 15 is 0 Å². The van der Waals surface area contributed by atoms with E-state index in [1.807, 2.05) is 24.3 Å². The summed E-state index contributed by atoms with van der Waals surface area (Å²) in [6.45, 7) is 3.77. The van der Waals surface area contributed by atoms with Gasteiger partial charge >= 0.3 is 0 Å². The van der Waals surface area contributed by atoms with E-state index in [1.165, 1.54) is 0 Å². The molecule has 2 fully saturated rings. The van der Waals surface area contributed by atoms with E-state index in [0.717, 1.165) is 54.7 Å². The maximum Gasteiger partial charge on any atom is 0.259 e. The van der Waals surface area contributed by atoms with E-state index in [0.29, 0.717) is 12.0 Å². The molecule has 28 heavy (non-hydrogen) atoms. The monoisotopic (exact) mass is 378 g/mol. The average molecular weight is 378 g/mol. The molecule has 7 nitrogen and oxygen atoms in total. The third-order valence-electron chi connectivity index (χ3n) is 5.88. The molecule has 2 aromatic rings. The van der Waals surface area contributed by atoms with Crippen molar-refractivity contribution in [2.24, 2.45) is 0 Å². The lowest BCUT2D eigenvalue weighted by Crippen LogP contribution is -2.53. The predicted octanol–water partition coefficient (Wildman–Crippen LogP) is 1.40. The molecule has 2 aromatic carbocycles. The molecule has 0 saturated carbocycles. The minimum absolute atomic E-state index is 0.157. The largest absolute Gasteiger partial charge is 0.370 e. The molecule has 3 aliphatic heterocycles. The van der Waals surface area contributed by atoms with Crippen LogP contribution < -0.4 is 20.4 Å². The van der Waals surface area contributed by atoms with Crippen molar-refractivity contribution in [3.05, 3.63) is 35.9 Å². The molecule has 0 radical (unpaired) electrons. The van der Waals surface area contributed by atoms with Gasteiger partial charge in [0.2, 0.25) is 11.8 Å². The molecule has 3 heterocycles. The third-order valence-corrected chi connectivity index (χ3v) is 5.88. The highest BCUT2D eigenvalue weighted by Crippen LogP contribution is 2.41. The Labute approximate surface area is 162 Å². The summed E-state index contributed by atoms with van der Waals surface area (Å²) in [6.07, 6.45) is 1.66. The number of imide groups is 1. The Bertz CT molecular complexity index is 995. The topological polar surface area (TPSA) is 81.8 Å². The number of carbonyl (C=O) groups is 3. The van der Waals surface area contributed by atoms with Crippen molar-refractivity contribution in [3.8, 4) is 0 Å². The second-order valence-corrected chi connectivity index (χ2v) is 7.60. The lowest BCUT2D eigenvalue weighted by Gasteiger charge is -2.30. The second-order valence-electron chi connectivity index (χ2n) is 7.60. The summed E-state index contributed by atoms with van der Waals surface area (Å²) in [5.74, 6) is -0.829. The molecule has 7 heteroatoms. The zero-order valence-electron chi connectivity index (χ0n) is 15.5. The lowest BCUT2D eigenvalue weighted by molar-refractivity contribution is -0.134. The molecule has 2 N–H and O–H groups in total. The van der Waals surface area contributed by atoms with Gasteiger partial charge in [-0.05, 0) is 43.0 Å². The van der Waals surface area contributed by atoms with Gasteiger partial charge in [0.15, 0.2) is 0 Å². The van der Waals surface area contributed by atoms with E-state index in [-0.39, 0.29) is 18.2 Å². The fourth-order valence-electron chi connectivity index (χ4n) is 4.53. The summed E-state index contributed by atoms with van der Waals surface area (Å²) < 4.78 is 0. The fraction of sp³-hybridized carbons (Fsp3) is 0.381. The average Bonchev–Trinajstić information content (AvgIpc) is 2.87. The summed E-state index contributed by atoms with van der Waals surface area (Å²) in [5.41, 5.74) is 2.45. The first-order chi connectivity index (χ1) is 13.6. The van der Waals surface area contributed by atoms with Crippen LogP contribution in [0.3, 0.4) is 0 Å². The van der Waals surface area contributed by atoms with Gasteiger partial charge < -0.3 is 10.2 Å². The van der Waals surface area contributed by atoms with Crippen LogP contribution in [0.25, 0.3) is 10.8 Å². The number of piperidine rings is 1. The van der Waals surface area contributed by atoms with Crippen LogP contribution in [0.4, 0.5) is 11.4 Å². The molecular formula is C21H22N4O3. The van der Waals surface area contributed by atoms with Crippen molar-refractivity contribution in [2.45, 2.75) is 25.3 Å². The first kappa shape index (κ1) is 17.2. The van der Waals surface area contributed by atoms with Crippen molar-refractivity contribution in [1.82, 2.24) is 10.6 Å². The molecule has 0 aromatic heterocycles. The van der Waals surface area contributed by atoms with Gasteiger partial charge in [-0.25, -0.2) is 0 Å². The number of benzene rings is 2. The number of nitrogens with zero attached hydrogens (tertiary/aromatic N) is 2. The van der Waals surface area contributed by atoms with Crippen LogP contribution in [0.15, 0.2) is 30.3 Å². The number of rotatable bonds is 2. The van der Waals surface area contributed by atoms with Crippen molar-refractivity contribution in [1.29, 1.82) is 0 Å². The first-order valence-electron chi connectivity index (χ1n) is 9.83. The molecule has 0 spiro atoms. The highest BCUT2D eigenvalue weighted by molar-refractivity contribution is 6.27.